The first-order chi connectivity index (χ1) is 10.7. The molecule has 0 unspecified atom stereocenters. The molecule has 0 spiro atoms. The Morgan fingerprint density at radius 1 is 1.18 bits per heavy atom. The first kappa shape index (κ1) is 14.8. The van der Waals surface area contributed by atoms with E-state index in [0.717, 1.165) is 31.8 Å². The van der Waals surface area contributed by atoms with Crippen LogP contribution in [0.2, 0.25) is 0 Å². The van der Waals surface area contributed by atoms with Gasteiger partial charge >= 0.3 is 0 Å². The minimum absolute atomic E-state index is 0.358. The number of halogens is 1. The SMILES string of the molecule is C=C(F)c1ccc2c(c1)CCN(Cc1ccc(OC)cc1)C2. The van der Waals surface area contributed by atoms with E-state index in [1.165, 1.54) is 16.7 Å². The van der Waals surface area contributed by atoms with Gasteiger partial charge in [0.25, 0.3) is 0 Å². The van der Waals surface area contributed by atoms with Crippen LogP contribution in [0.4, 0.5) is 4.39 Å². The molecule has 2 aromatic rings. The standard InChI is InChI=1S/C19H20FNO/c1-14(20)16-5-6-18-13-21(10-9-17(18)11-16)12-15-3-7-19(22-2)8-4-15/h3-8,11H,1,9-10,12-13H2,2H3. The summed E-state index contributed by atoms with van der Waals surface area (Å²) in [6.07, 6.45) is 0.951. The Hall–Kier alpha value is -2.13. The normalized spacial score (nSPS) is 14.5. The summed E-state index contributed by atoms with van der Waals surface area (Å²) in [7, 11) is 1.68. The van der Waals surface area contributed by atoms with Gasteiger partial charge in [-0.3, -0.25) is 4.90 Å². The van der Waals surface area contributed by atoms with Crippen molar-refractivity contribution in [1.29, 1.82) is 0 Å². The molecule has 3 rings (SSSR count). The average molecular weight is 297 g/mol. The lowest BCUT2D eigenvalue weighted by molar-refractivity contribution is 0.245. The maximum atomic E-state index is 13.2. The van der Waals surface area contributed by atoms with Crippen LogP contribution in [0.1, 0.15) is 22.3 Å². The summed E-state index contributed by atoms with van der Waals surface area (Å²) in [5, 5.41) is 0. The second kappa shape index (κ2) is 6.32. The van der Waals surface area contributed by atoms with E-state index >= 15 is 0 Å². The van der Waals surface area contributed by atoms with Crippen LogP contribution in [0.15, 0.2) is 49.0 Å². The molecule has 3 heteroatoms. The molecule has 2 nitrogen and oxygen atoms in total. The highest BCUT2D eigenvalue weighted by atomic mass is 19.1. The number of ether oxygens (including phenoxy) is 1. The third kappa shape index (κ3) is 3.20. The van der Waals surface area contributed by atoms with Gasteiger partial charge in [0.2, 0.25) is 0 Å². The van der Waals surface area contributed by atoms with Crippen LogP contribution in [-0.2, 0) is 19.5 Å². The zero-order valence-electron chi connectivity index (χ0n) is 12.8. The first-order valence-electron chi connectivity index (χ1n) is 7.47. The lowest BCUT2D eigenvalue weighted by Crippen LogP contribution is -2.30. The van der Waals surface area contributed by atoms with Crippen molar-refractivity contribution in [3.8, 4) is 5.75 Å². The van der Waals surface area contributed by atoms with Gasteiger partial charge in [0.05, 0.1) is 7.11 Å². The van der Waals surface area contributed by atoms with Crippen LogP contribution in [0.3, 0.4) is 0 Å². The van der Waals surface area contributed by atoms with E-state index < -0.39 is 0 Å². The monoisotopic (exact) mass is 297 g/mol. The van der Waals surface area contributed by atoms with Gasteiger partial charge in [0, 0.05) is 25.2 Å². The number of methoxy groups -OCH3 is 1. The van der Waals surface area contributed by atoms with Crippen molar-refractivity contribution in [3.05, 3.63) is 71.3 Å². The number of hydrogen-bond donors (Lipinski definition) is 0. The molecule has 0 aliphatic carbocycles. The highest BCUT2D eigenvalue weighted by Gasteiger charge is 2.17. The largest absolute Gasteiger partial charge is 0.497 e. The fourth-order valence-electron chi connectivity index (χ4n) is 2.90. The Kier molecular flexibility index (Phi) is 4.25. The maximum absolute atomic E-state index is 13.2. The molecule has 22 heavy (non-hydrogen) atoms. The van der Waals surface area contributed by atoms with E-state index in [-0.39, 0.29) is 5.83 Å². The zero-order valence-corrected chi connectivity index (χ0v) is 12.8. The van der Waals surface area contributed by atoms with Gasteiger partial charge in [-0.2, -0.15) is 0 Å². The van der Waals surface area contributed by atoms with Crippen molar-refractivity contribution in [2.24, 2.45) is 0 Å². The minimum Gasteiger partial charge on any atom is -0.497 e. The maximum Gasteiger partial charge on any atom is 0.123 e. The predicted molar refractivity (Wildman–Crippen MR) is 87.4 cm³/mol. The quantitative estimate of drug-likeness (QED) is 0.839. The second-order valence-corrected chi connectivity index (χ2v) is 5.70. The lowest BCUT2D eigenvalue weighted by atomic mass is 9.96. The first-order valence-corrected chi connectivity index (χ1v) is 7.47. The number of nitrogens with zero attached hydrogens (tertiary/aromatic N) is 1. The van der Waals surface area contributed by atoms with E-state index in [1.54, 1.807) is 7.11 Å². The van der Waals surface area contributed by atoms with Crippen LogP contribution < -0.4 is 4.74 Å². The molecule has 0 fully saturated rings. The highest BCUT2D eigenvalue weighted by molar-refractivity contribution is 5.58. The molecule has 0 saturated carbocycles. The fourth-order valence-corrected chi connectivity index (χ4v) is 2.90. The highest BCUT2D eigenvalue weighted by Crippen LogP contribution is 2.25. The molecule has 0 amide bonds. The second-order valence-electron chi connectivity index (χ2n) is 5.70. The molecule has 1 aliphatic heterocycles. The predicted octanol–water partition coefficient (Wildman–Crippen LogP) is 4.19. The van der Waals surface area contributed by atoms with Crippen molar-refractivity contribution in [3.63, 3.8) is 0 Å². The number of benzene rings is 2. The summed E-state index contributed by atoms with van der Waals surface area (Å²) in [5.74, 6) is 0.523. The molecule has 1 heterocycles. The Morgan fingerprint density at radius 2 is 1.95 bits per heavy atom. The Morgan fingerprint density at radius 3 is 2.64 bits per heavy atom. The van der Waals surface area contributed by atoms with Gasteiger partial charge in [-0.05, 0) is 41.3 Å². The van der Waals surface area contributed by atoms with Gasteiger partial charge in [-0.1, -0.05) is 30.8 Å². The smallest absolute Gasteiger partial charge is 0.123 e. The van der Waals surface area contributed by atoms with E-state index in [2.05, 4.69) is 23.6 Å². The summed E-state index contributed by atoms with van der Waals surface area (Å²) in [5.41, 5.74) is 4.40. The van der Waals surface area contributed by atoms with Crippen molar-refractivity contribution in [1.82, 2.24) is 4.90 Å². The van der Waals surface area contributed by atoms with E-state index in [1.807, 2.05) is 30.3 Å². The Bertz CT molecular complexity index is 678. The van der Waals surface area contributed by atoms with Crippen LogP contribution in [0.5, 0.6) is 5.75 Å². The third-order valence-electron chi connectivity index (χ3n) is 4.18. The van der Waals surface area contributed by atoms with E-state index in [0.29, 0.717) is 5.56 Å². The molecule has 0 saturated heterocycles. The van der Waals surface area contributed by atoms with Gasteiger partial charge in [-0.15, -0.1) is 0 Å². The Labute approximate surface area is 130 Å². The number of rotatable bonds is 4. The van der Waals surface area contributed by atoms with Gasteiger partial charge in [0.15, 0.2) is 0 Å². The minimum atomic E-state index is -0.358. The van der Waals surface area contributed by atoms with Crippen molar-refractivity contribution in [2.45, 2.75) is 19.5 Å². The van der Waals surface area contributed by atoms with Crippen molar-refractivity contribution in [2.75, 3.05) is 13.7 Å². The zero-order chi connectivity index (χ0) is 15.5. The summed E-state index contributed by atoms with van der Waals surface area (Å²) >= 11 is 0. The number of fused-ring (bicyclic) bond motifs is 1. The molecule has 2 aromatic carbocycles. The van der Waals surface area contributed by atoms with Gasteiger partial charge in [-0.25, -0.2) is 4.39 Å². The molecule has 114 valence electrons. The third-order valence-corrected chi connectivity index (χ3v) is 4.18. The van der Waals surface area contributed by atoms with E-state index in [4.69, 9.17) is 4.74 Å². The van der Waals surface area contributed by atoms with Crippen LogP contribution in [0, 0.1) is 0 Å². The number of hydrogen-bond acceptors (Lipinski definition) is 2. The summed E-state index contributed by atoms with van der Waals surface area (Å²) in [6.45, 7) is 6.18. The Balaban J connectivity index is 1.69. The van der Waals surface area contributed by atoms with Crippen LogP contribution >= 0.6 is 0 Å². The molecule has 0 N–H and O–H groups in total. The molecular formula is C19H20FNO. The van der Waals surface area contributed by atoms with Gasteiger partial charge in [0.1, 0.15) is 11.6 Å². The summed E-state index contributed by atoms with van der Waals surface area (Å²) < 4.78 is 18.4. The molecular weight excluding hydrogens is 277 g/mol. The van der Waals surface area contributed by atoms with E-state index in [9.17, 15) is 4.39 Å². The lowest BCUT2D eigenvalue weighted by Gasteiger charge is -2.29. The van der Waals surface area contributed by atoms with Crippen molar-refractivity contribution < 1.29 is 9.13 Å². The summed E-state index contributed by atoms with van der Waals surface area (Å²) in [6, 6.07) is 14.0. The molecule has 0 radical (unpaired) electrons. The summed E-state index contributed by atoms with van der Waals surface area (Å²) in [4.78, 5) is 2.41. The molecule has 0 bridgehead atoms. The molecule has 0 aromatic heterocycles. The van der Waals surface area contributed by atoms with Gasteiger partial charge < -0.3 is 4.74 Å². The molecule has 0 atom stereocenters. The average Bonchev–Trinajstić information content (AvgIpc) is 2.55. The van der Waals surface area contributed by atoms with Crippen LogP contribution in [0.25, 0.3) is 5.83 Å². The topological polar surface area (TPSA) is 12.5 Å². The van der Waals surface area contributed by atoms with Crippen LogP contribution in [-0.4, -0.2) is 18.6 Å². The van der Waals surface area contributed by atoms with Crippen molar-refractivity contribution >= 4 is 5.83 Å². The molecule has 1 aliphatic rings. The fraction of sp³-hybridized carbons (Fsp3) is 0.263.